The van der Waals surface area contributed by atoms with E-state index in [0.29, 0.717) is 38.8 Å². The van der Waals surface area contributed by atoms with Gasteiger partial charge in [0.1, 0.15) is 0 Å². The quantitative estimate of drug-likeness (QED) is 0.855. The molecule has 3 rings (SSSR count). The molecular weight excluding hydrogens is 292 g/mol. The van der Waals surface area contributed by atoms with E-state index in [2.05, 4.69) is 35.2 Å². The lowest BCUT2D eigenvalue weighted by atomic mass is 9.97. The van der Waals surface area contributed by atoms with E-state index in [1.54, 1.807) is 4.90 Å². The number of rotatable bonds is 4. The maximum Gasteiger partial charge on any atom is 0.409 e. The van der Waals surface area contributed by atoms with Crippen molar-refractivity contribution in [1.29, 1.82) is 0 Å². The first-order valence-corrected chi connectivity index (χ1v) is 8.57. The standard InChI is InChI=1S/C18H26N2O3/c21-18(20-10-12-22-13-11-20)23-15-17-6-8-19(9-7-17)14-16-4-2-1-3-5-16/h1-5,17H,6-15H2. The number of carbonyl (C=O) groups is 1. The van der Waals surface area contributed by atoms with E-state index in [1.807, 2.05) is 0 Å². The molecule has 5 nitrogen and oxygen atoms in total. The zero-order valence-electron chi connectivity index (χ0n) is 13.7. The van der Waals surface area contributed by atoms with Gasteiger partial charge in [-0.2, -0.15) is 0 Å². The Morgan fingerprint density at radius 1 is 1.09 bits per heavy atom. The van der Waals surface area contributed by atoms with Crippen molar-refractivity contribution >= 4 is 6.09 Å². The van der Waals surface area contributed by atoms with Crippen LogP contribution in [0.5, 0.6) is 0 Å². The SMILES string of the molecule is O=C(OCC1CCN(Cc2ccccc2)CC1)N1CCOCC1. The van der Waals surface area contributed by atoms with Gasteiger partial charge in [-0.3, -0.25) is 4.90 Å². The van der Waals surface area contributed by atoms with Gasteiger partial charge in [0.05, 0.1) is 19.8 Å². The van der Waals surface area contributed by atoms with Crippen molar-refractivity contribution < 1.29 is 14.3 Å². The lowest BCUT2D eigenvalue weighted by molar-refractivity contribution is 0.0187. The van der Waals surface area contributed by atoms with Gasteiger partial charge in [0, 0.05) is 19.6 Å². The van der Waals surface area contributed by atoms with Crippen molar-refractivity contribution in [2.45, 2.75) is 19.4 Å². The van der Waals surface area contributed by atoms with Gasteiger partial charge < -0.3 is 14.4 Å². The highest BCUT2D eigenvalue weighted by atomic mass is 16.6. The van der Waals surface area contributed by atoms with Crippen LogP contribution in [0.25, 0.3) is 0 Å². The van der Waals surface area contributed by atoms with Crippen LogP contribution in [0.4, 0.5) is 4.79 Å². The van der Waals surface area contributed by atoms with Gasteiger partial charge in [-0.15, -0.1) is 0 Å². The molecule has 1 aromatic carbocycles. The van der Waals surface area contributed by atoms with E-state index in [-0.39, 0.29) is 6.09 Å². The highest BCUT2D eigenvalue weighted by Gasteiger charge is 2.23. The molecule has 0 aliphatic carbocycles. The van der Waals surface area contributed by atoms with Crippen molar-refractivity contribution in [2.24, 2.45) is 5.92 Å². The van der Waals surface area contributed by atoms with E-state index in [0.717, 1.165) is 32.5 Å². The van der Waals surface area contributed by atoms with Crippen molar-refractivity contribution in [3.63, 3.8) is 0 Å². The molecule has 0 unspecified atom stereocenters. The van der Waals surface area contributed by atoms with Crippen molar-refractivity contribution in [3.05, 3.63) is 35.9 Å². The maximum absolute atomic E-state index is 12.0. The van der Waals surface area contributed by atoms with Crippen molar-refractivity contribution in [1.82, 2.24) is 9.80 Å². The number of morpholine rings is 1. The predicted octanol–water partition coefficient (Wildman–Crippen LogP) is 2.37. The summed E-state index contributed by atoms with van der Waals surface area (Å²) in [5, 5.41) is 0. The zero-order valence-corrected chi connectivity index (χ0v) is 13.7. The van der Waals surface area contributed by atoms with Crippen molar-refractivity contribution in [2.75, 3.05) is 46.0 Å². The van der Waals surface area contributed by atoms with Crippen LogP contribution in [0.15, 0.2) is 30.3 Å². The lowest BCUT2D eigenvalue weighted by Gasteiger charge is -2.32. The fourth-order valence-corrected chi connectivity index (χ4v) is 3.18. The average molecular weight is 318 g/mol. The van der Waals surface area contributed by atoms with Crippen LogP contribution in [0, 0.1) is 5.92 Å². The van der Waals surface area contributed by atoms with E-state index < -0.39 is 0 Å². The Labute approximate surface area is 138 Å². The summed E-state index contributed by atoms with van der Waals surface area (Å²) < 4.78 is 10.7. The number of carbonyl (C=O) groups excluding carboxylic acids is 1. The summed E-state index contributed by atoms with van der Waals surface area (Å²) in [6.07, 6.45) is 2.02. The van der Waals surface area contributed by atoms with E-state index >= 15 is 0 Å². The average Bonchev–Trinajstić information content (AvgIpc) is 2.62. The first-order valence-electron chi connectivity index (χ1n) is 8.57. The molecule has 0 radical (unpaired) electrons. The summed E-state index contributed by atoms with van der Waals surface area (Å²) in [5.74, 6) is 0.493. The van der Waals surface area contributed by atoms with Crippen LogP contribution in [-0.4, -0.2) is 61.9 Å². The third kappa shape index (κ3) is 4.94. The minimum absolute atomic E-state index is 0.181. The molecule has 2 heterocycles. The fraction of sp³-hybridized carbons (Fsp3) is 0.611. The smallest absolute Gasteiger partial charge is 0.409 e. The Kier molecular flexibility index (Phi) is 5.88. The summed E-state index contributed by atoms with van der Waals surface area (Å²) >= 11 is 0. The Morgan fingerprint density at radius 3 is 2.48 bits per heavy atom. The summed E-state index contributed by atoms with van der Waals surface area (Å²) in [4.78, 5) is 16.2. The van der Waals surface area contributed by atoms with Gasteiger partial charge in [-0.1, -0.05) is 30.3 Å². The van der Waals surface area contributed by atoms with Crippen LogP contribution in [0.3, 0.4) is 0 Å². The Hall–Kier alpha value is -1.59. The largest absolute Gasteiger partial charge is 0.449 e. The third-order valence-electron chi connectivity index (χ3n) is 4.67. The highest BCUT2D eigenvalue weighted by Crippen LogP contribution is 2.19. The molecular formula is C18H26N2O3. The van der Waals surface area contributed by atoms with Gasteiger partial charge in [-0.05, 0) is 37.4 Å². The van der Waals surface area contributed by atoms with E-state index in [1.165, 1.54) is 5.56 Å². The number of hydrogen-bond donors (Lipinski definition) is 0. The van der Waals surface area contributed by atoms with Crippen molar-refractivity contribution in [3.8, 4) is 0 Å². The number of nitrogens with zero attached hydrogens (tertiary/aromatic N) is 2. The first-order chi connectivity index (χ1) is 11.3. The number of likely N-dealkylation sites (tertiary alicyclic amines) is 1. The van der Waals surface area contributed by atoms with Gasteiger partial charge in [0.25, 0.3) is 0 Å². The third-order valence-corrected chi connectivity index (χ3v) is 4.67. The molecule has 126 valence electrons. The molecule has 1 amide bonds. The normalized spacial score (nSPS) is 20.4. The second-order valence-electron chi connectivity index (χ2n) is 6.38. The number of amides is 1. The monoisotopic (exact) mass is 318 g/mol. The number of hydrogen-bond acceptors (Lipinski definition) is 4. The Bertz CT molecular complexity index is 480. The number of ether oxygens (including phenoxy) is 2. The van der Waals surface area contributed by atoms with Crippen LogP contribution >= 0.6 is 0 Å². The molecule has 23 heavy (non-hydrogen) atoms. The van der Waals surface area contributed by atoms with Crippen LogP contribution in [0.1, 0.15) is 18.4 Å². The van der Waals surface area contributed by atoms with Gasteiger partial charge in [-0.25, -0.2) is 4.79 Å². The van der Waals surface area contributed by atoms with E-state index in [4.69, 9.17) is 9.47 Å². The molecule has 2 saturated heterocycles. The van der Waals surface area contributed by atoms with Crippen LogP contribution in [-0.2, 0) is 16.0 Å². The molecule has 0 aromatic heterocycles. The summed E-state index contributed by atoms with van der Waals surface area (Å²) in [6, 6.07) is 10.6. The fourth-order valence-electron chi connectivity index (χ4n) is 3.18. The summed E-state index contributed by atoms with van der Waals surface area (Å²) in [6.45, 7) is 6.25. The lowest BCUT2D eigenvalue weighted by Crippen LogP contribution is -2.42. The Morgan fingerprint density at radius 2 is 1.78 bits per heavy atom. The van der Waals surface area contributed by atoms with Crippen LogP contribution in [0.2, 0.25) is 0 Å². The zero-order chi connectivity index (χ0) is 15.9. The number of piperidine rings is 1. The summed E-state index contributed by atoms with van der Waals surface area (Å²) in [7, 11) is 0. The van der Waals surface area contributed by atoms with Crippen LogP contribution < -0.4 is 0 Å². The minimum Gasteiger partial charge on any atom is -0.449 e. The first kappa shape index (κ1) is 16.3. The molecule has 0 spiro atoms. The molecule has 0 N–H and O–H groups in total. The van der Waals surface area contributed by atoms with Gasteiger partial charge in [0.15, 0.2) is 0 Å². The van der Waals surface area contributed by atoms with E-state index in [9.17, 15) is 4.79 Å². The molecule has 1 aromatic rings. The molecule has 2 aliphatic rings. The maximum atomic E-state index is 12.0. The second-order valence-corrected chi connectivity index (χ2v) is 6.38. The molecule has 0 atom stereocenters. The summed E-state index contributed by atoms with van der Waals surface area (Å²) in [5.41, 5.74) is 1.37. The molecule has 2 aliphatic heterocycles. The topological polar surface area (TPSA) is 42.0 Å². The van der Waals surface area contributed by atoms with Gasteiger partial charge >= 0.3 is 6.09 Å². The molecule has 0 saturated carbocycles. The number of benzene rings is 1. The molecule has 0 bridgehead atoms. The second kappa shape index (κ2) is 8.31. The van der Waals surface area contributed by atoms with Gasteiger partial charge in [0.2, 0.25) is 0 Å². The highest BCUT2D eigenvalue weighted by molar-refractivity contribution is 5.67. The molecule has 2 fully saturated rings. The molecule has 5 heteroatoms. The Balaban J connectivity index is 1.35. The predicted molar refractivity (Wildman–Crippen MR) is 88.2 cm³/mol. The minimum atomic E-state index is -0.181.